The van der Waals surface area contributed by atoms with Gasteiger partial charge in [0.25, 0.3) is 0 Å². The van der Waals surface area contributed by atoms with Crippen LogP contribution in [0.3, 0.4) is 0 Å². The third-order valence-electron chi connectivity index (χ3n) is 2.91. The molecule has 0 bridgehead atoms. The molecule has 0 aliphatic rings. The molecule has 0 fully saturated rings. The minimum Gasteiger partial charge on any atom is -0.503 e. The molecule has 25 heavy (non-hydrogen) atoms. The number of halogens is 7. The predicted octanol–water partition coefficient (Wildman–Crippen LogP) is 3.90. The zero-order valence-electron chi connectivity index (χ0n) is 11.4. The molecule has 0 aromatic heterocycles. The highest BCUT2D eigenvalue weighted by atomic mass is 19.2. The molecule has 128 valence electrons. The van der Waals surface area contributed by atoms with Gasteiger partial charge in [-0.3, -0.25) is 0 Å². The minimum atomic E-state index is -2.38. The highest BCUT2D eigenvalue weighted by Crippen LogP contribution is 2.39. The fourth-order valence-electron chi connectivity index (χ4n) is 1.73. The first-order chi connectivity index (χ1) is 11.7. The van der Waals surface area contributed by atoms with Gasteiger partial charge >= 0.3 is 0 Å². The zero-order chi connectivity index (χ0) is 19.0. The first kappa shape index (κ1) is 17.9. The van der Waals surface area contributed by atoms with Crippen LogP contribution in [0, 0.1) is 63.4 Å². The van der Waals surface area contributed by atoms with Crippen molar-refractivity contribution in [3.8, 4) is 29.4 Å². The van der Waals surface area contributed by atoms with Crippen LogP contribution in [0.1, 0.15) is 11.1 Å². The monoisotopic (exact) mass is 362 g/mol. The summed E-state index contributed by atoms with van der Waals surface area (Å²) < 4.78 is 99.0. The molecule has 2 aromatic rings. The second-order valence-corrected chi connectivity index (χ2v) is 4.28. The van der Waals surface area contributed by atoms with Crippen LogP contribution in [0.15, 0.2) is 0 Å². The Morgan fingerprint density at radius 2 is 0.960 bits per heavy atom. The largest absolute Gasteiger partial charge is 0.503 e. The van der Waals surface area contributed by atoms with Crippen LogP contribution < -0.4 is 4.74 Å². The summed E-state index contributed by atoms with van der Waals surface area (Å²) >= 11 is 0. The molecule has 0 unspecified atom stereocenters. The highest BCUT2D eigenvalue weighted by molar-refractivity contribution is 5.53. The lowest BCUT2D eigenvalue weighted by Crippen LogP contribution is -2.07. The van der Waals surface area contributed by atoms with Gasteiger partial charge in [0.15, 0.2) is 17.4 Å². The molecule has 11 heteroatoms. The molecule has 2 aromatic carbocycles. The molecule has 0 atom stereocenters. The van der Waals surface area contributed by atoms with Crippen molar-refractivity contribution in [2.75, 3.05) is 0 Å². The highest BCUT2D eigenvalue weighted by Gasteiger charge is 2.31. The van der Waals surface area contributed by atoms with Crippen LogP contribution in [-0.2, 0) is 0 Å². The summed E-state index contributed by atoms with van der Waals surface area (Å²) in [6.07, 6.45) is 0. The van der Waals surface area contributed by atoms with E-state index in [-0.39, 0.29) is 0 Å². The first-order valence-corrected chi connectivity index (χ1v) is 5.90. The van der Waals surface area contributed by atoms with Gasteiger partial charge in [0.05, 0.1) is 0 Å². The summed E-state index contributed by atoms with van der Waals surface area (Å²) in [5, 5.41) is 26.1. The average Bonchev–Trinajstić information content (AvgIpc) is 2.60. The fraction of sp³-hybridized carbons (Fsp3) is 0. The Morgan fingerprint density at radius 1 is 0.600 bits per heavy atom. The van der Waals surface area contributed by atoms with Crippen molar-refractivity contribution in [1.82, 2.24) is 0 Å². The number of nitriles is 2. The zero-order valence-corrected chi connectivity index (χ0v) is 11.4. The maximum absolute atomic E-state index is 14.0. The molecular formula is C14HF7N2O2. The van der Waals surface area contributed by atoms with Crippen molar-refractivity contribution in [2.24, 2.45) is 0 Å². The Balaban J connectivity index is 2.79. The molecule has 0 radical (unpaired) electrons. The van der Waals surface area contributed by atoms with E-state index in [1.165, 1.54) is 0 Å². The van der Waals surface area contributed by atoms with E-state index in [4.69, 9.17) is 15.6 Å². The van der Waals surface area contributed by atoms with E-state index in [1.54, 1.807) is 0 Å². The van der Waals surface area contributed by atoms with E-state index >= 15 is 0 Å². The Hall–Kier alpha value is -3.47. The third kappa shape index (κ3) is 2.55. The quantitative estimate of drug-likeness (QED) is 0.649. The van der Waals surface area contributed by atoms with E-state index in [2.05, 4.69) is 4.74 Å². The number of benzene rings is 2. The topological polar surface area (TPSA) is 77.0 Å². The van der Waals surface area contributed by atoms with Gasteiger partial charge in [-0.05, 0) is 0 Å². The number of rotatable bonds is 2. The molecular weight excluding hydrogens is 361 g/mol. The lowest BCUT2D eigenvalue weighted by Gasteiger charge is -2.13. The molecule has 0 spiro atoms. The van der Waals surface area contributed by atoms with E-state index in [1.807, 2.05) is 0 Å². The molecule has 0 saturated carbocycles. The Bertz CT molecular complexity index is 964. The Labute approximate surface area is 133 Å². The van der Waals surface area contributed by atoms with Gasteiger partial charge in [0.1, 0.15) is 23.3 Å². The van der Waals surface area contributed by atoms with Gasteiger partial charge in [-0.15, -0.1) is 0 Å². The SMILES string of the molecule is N#Cc1c(F)c(F)c(Oc2c(F)c(F)c(O)c(F)c2F)c(F)c1C#N. The standard InChI is InChI=1S/C14HF7N2O2/c15-5-3(1-22)4(2-23)6(16)13(9(5)19)25-14-10(20)7(17)12(24)8(18)11(14)21/h24H. The molecule has 1 N–H and O–H groups in total. The lowest BCUT2D eigenvalue weighted by atomic mass is 10.1. The van der Waals surface area contributed by atoms with Gasteiger partial charge in [-0.25, -0.2) is 8.78 Å². The van der Waals surface area contributed by atoms with E-state index < -0.39 is 69.1 Å². The molecule has 0 amide bonds. The number of hydrogen-bond donors (Lipinski definition) is 1. The van der Waals surface area contributed by atoms with Gasteiger partial charge < -0.3 is 9.84 Å². The van der Waals surface area contributed by atoms with Crippen molar-refractivity contribution in [1.29, 1.82) is 10.5 Å². The molecule has 0 aliphatic carbocycles. The van der Waals surface area contributed by atoms with Crippen molar-refractivity contribution >= 4 is 0 Å². The maximum atomic E-state index is 14.0. The second-order valence-electron chi connectivity index (χ2n) is 4.28. The van der Waals surface area contributed by atoms with Crippen molar-refractivity contribution in [3.63, 3.8) is 0 Å². The summed E-state index contributed by atoms with van der Waals surface area (Å²) in [5.41, 5.74) is -2.72. The Kier molecular flexibility index (Phi) is 4.44. The van der Waals surface area contributed by atoms with E-state index in [9.17, 15) is 30.7 Å². The molecule has 2 rings (SSSR count). The van der Waals surface area contributed by atoms with Crippen LogP contribution >= 0.6 is 0 Å². The predicted molar refractivity (Wildman–Crippen MR) is 63.8 cm³/mol. The van der Waals surface area contributed by atoms with Gasteiger partial charge in [-0.2, -0.15) is 32.5 Å². The summed E-state index contributed by atoms with van der Waals surface area (Å²) in [4.78, 5) is 0. The number of phenols is 1. The minimum absolute atomic E-state index is 1.00. The Morgan fingerprint density at radius 3 is 1.40 bits per heavy atom. The number of aromatic hydroxyl groups is 1. The molecule has 0 saturated heterocycles. The van der Waals surface area contributed by atoms with E-state index in [0.29, 0.717) is 0 Å². The van der Waals surface area contributed by atoms with Crippen LogP contribution in [-0.4, -0.2) is 5.11 Å². The first-order valence-electron chi connectivity index (χ1n) is 5.90. The van der Waals surface area contributed by atoms with Crippen LogP contribution in [0.4, 0.5) is 30.7 Å². The number of phenolic OH excluding ortho intramolecular Hbond substituents is 1. The molecule has 4 nitrogen and oxygen atoms in total. The van der Waals surface area contributed by atoms with Gasteiger partial charge in [0, 0.05) is 0 Å². The van der Waals surface area contributed by atoms with Crippen LogP contribution in [0.2, 0.25) is 0 Å². The second kappa shape index (κ2) is 6.20. The van der Waals surface area contributed by atoms with Crippen LogP contribution in [0.25, 0.3) is 0 Å². The summed E-state index contributed by atoms with van der Waals surface area (Å²) in [5.74, 6) is -21.9. The third-order valence-corrected chi connectivity index (χ3v) is 2.91. The normalized spacial score (nSPS) is 10.3. The fourth-order valence-corrected chi connectivity index (χ4v) is 1.73. The summed E-state index contributed by atoms with van der Waals surface area (Å²) in [6.45, 7) is 0. The van der Waals surface area contributed by atoms with Crippen molar-refractivity contribution < 1.29 is 40.6 Å². The molecule has 0 heterocycles. The van der Waals surface area contributed by atoms with Crippen LogP contribution in [0.5, 0.6) is 17.2 Å². The summed E-state index contributed by atoms with van der Waals surface area (Å²) in [7, 11) is 0. The lowest BCUT2D eigenvalue weighted by molar-refractivity contribution is 0.310. The summed E-state index contributed by atoms with van der Waals surface area (Å²) in [6, 6.07) is 2.01. The van der Waals surface area contributed by atoms with Gasteiger partial charge in [-0.1, -0.05) is 0 Å². The number of hydrogen-bond acceptors (Lipinski definition) is 4. The van der Waals surface area contributed by atoms with Crippen molar-refractivity contribution in [3.05, 3.63) is 51.8 Å². The maximum Gasteiger partial charge on any atom is 0.208 e. The average molecular weight is 362 g/mol. The smallest absolute Gasteiger partial charge is 0.208 e. The van der Waals surface area contributed by atoms with Gasteiger partial charge in [0.2, 0.25) is 40.6 Å². The van der Waals surface area contributed by atoms with E-state index in [0.717, 1.165) is 12.1 Å². The molecule has 0 aliphatic heterocycles. The number of nitrogens with zero attached hydrogens (tertiary/aromatic N) is 2. The van der Waals surface area contributed by atoms with Crippen molar-refractivity contribution in [2.45, 2.75) is 0 Å². The number of ether oxygens (including phenoxy) is 1.